The Morgan fingerprint density at radius 3 is 2.69 bits per heavy atom. The molecule has 0 aliphatic heterocycles. The quantitative estimate of drug-likeness (QED) is 0.437. The maximum atomic E-state index is 13.1. The molecular weight excluding hydrogens is 440 g/mol. The Kier molecular flexibility index (Phi) is 7.33. The SMILES string of the molecule is C[C@@H](CC1CCCCC1)NCc1ccccc1NS(=O)(=O)c1ccc(-c2cnn(C)c2)s1. The normalized spacial score (nSPS) is 16.2. The summed E-state index contributed by atoms with van der Waals surface area (Å²) in [6, 6.07) is 11.5. The molecule has 1 fully saturated rings. The van der Waals surface area contributed by atoms with Crippen molar-refractivity contribution in [1.29, 1.82) is 0 Å². The Morgan fingerprint density at radius 1 is 1.16 bits per heavy atom. The largest absolute Gasteiger partial charge is 0.310 e. The predicted octanol–water partition coefficient (Wildman–Crippen LogP) is 5.40. The molecule has 0 bridgehead atoms. The fourth-order valence-electron chi connectivity index (χ4n) is 4.43. The molecule has 0 spiro atoms. The van der Waals surface area contributed by atoms with E-state index in [1.807, 2.05) is 43.6 Å². The molecule has 1 saturated carbocycles. The van der Waals surface area contributed by atoms with Gasteiger partial charge in [-0.1, -0.05) is 50.3 Å². The van der Waals surface area contributed by atoms with Crippen molar-refractivity contribution in [2.75, 3.05) is 4.72 Å². The number of hydrogen-bond donors (Lipinski definition) is 2. The average Bonchev–Trinajstić information content (AvgIpc) is 3.43. The molecule has 32 heavy (non-hydrogen) atoms. The highest BCUT2D eigenvalue weighted by molar-refractivity contribution is 7.94. The fraction of sp³-hybridized carbons (Fsp3) is 0.458. The molecular formula is C24H32N4O2S2. The predicted molar refractivity (Wildman–Crippen MR) is 131 cm³/mol. The van der Waals surface area contributed by atoms with Crippen molar-refractivity contribution in [3.63, 3.8) is 0 Å². The lowest BCUT2D eigenvalue weighted by atomic mass is 9.85. The van der Waals surface area contributed by atoms with Gasteiger partial charge in [0, 0.05) is 36.3 Å². The van der Waals surface area contributed by atoms with E-state index in [4.69, 9.17) is 0 Å². The van der Waals surface area contributed by atoms with Crippen LogP contribution in [0.15, 0.2) is 53.0 Å². The number of benzene rings is 1. The molecule has 1 aliphatic rings. The molecule has 172 valence electrons. The lowest BCUT2D eigenvalue weighted by Crippen LogP contribution is -2.29. The average molecular weight is 473 g/mol. The number of rotatable bonds is 9. The third-order valence-electron chi connectivity index (χ3n) is 6.15. The van der Waals surface area contributed by atoms with E-state index in [-0.39, 0.29) is 0 Å². The van der Waals surface area contributed by atoms with Crippen LogP contribution in [0.4, 0.5) is 5.69 Å². The van der Waals surface area contributed by atoms with Gasteiger partial charge >= 0.3 is 0 Å². The van der Waals surface area contributed by atoms with Crippen molar-refractivity contribution in [1.82, 2.24) is 15.1 Å². The van der Waals surface area contributed by atoms with Gasteiger partial charge in [0.2, 0.25) is 0 Å². The van der Waals surface area contributed by atoms with Crippen LogP contribution in [0.3, 0.4) is 0 Å². The molecule has 0 unspecified atom stereocenters. The van der Waals surface area contributed by atoms with E-state index in [0.717, 1.165) is 21.9 Å². The molecule has 2 heterocycles. The summed E-state index contributed by atoms with van der Waals surface area (Å²) in [4.78, 5) is 0.880. The van der Waals surface area contributed by atoms with Crippen LogP contribution in [0, 0.1) is 5.92 Å². The first-order valence-electron chi connectivity index (χ1n) is 11.3. The summed E-state index contributed by atoms with van der Waals surface area (Å²) in [7, 11) is -1.82. The minimum absolute atomic E-state index is 0.296. The summed E-state index contributed by atoms with van der Waals surface area (Å²) in [5.41, 5.74) is 2.49. The highest BCUT2D eigenvalue weighted by Crippen LogP contribution is 2.32. The first-order valence-corrected chi connectivity index (χ1v) is 13.6. The molecule has 0 saturated heterocycles. The number of nitrogens with zero attached hydrogens (tertiary/aromatic N) is 2. The van der Waals surface area contributed by atoms with E-state index in [9.17, 15) is 8.42 Å². The van der Waals surface area contributed by atoms with Crippen LogP contribution in [0.25, 0.3) is 10.4 Å². The lowest BCUT2D eigenvalue weighted by molar-refractivity contribution is 0.305. The summed E-state index contributed by atoms with van der Waals surface area (Å²) in [5.74, 6) is 0.813. The smallest absolute Gasteiger partial charge is 0.271 e. The Labute approximate surface area is 195 Å². The summed E-state index contributed by atoms with van der Waals surface area (Å²) >= 11 is 1.25. The van der Waals surface area contributed by atoms with E-state index in [1.54, 1.807) is 16.9 Å². The van der Waals surface area contributed by atoms with Gasteiger partial charge in [-0.05, 0) is 43.0 Å². The highest BCUT2D eigenvalue weighted by atomic mass is 32.2. The fourth-order valence-corrected chi connectivity index (χ4v) is 6.81. The maximum Gasteiger partial charge on any atom is 0.271 e. The third-order valence-corrected chi connectivity index (χ3v) is 9.14. The first-order chi connectivity index (χ1) is 15.4. The van der Waals surface area contributed by atoms with E-state index >= 15 is 0 Å². The van der Waals surface area contributed by atoms with Crippen molar-refractivity contribution in [3.05, 3.63) is 54.4 Å². The van der Waals surface area contributed by atoms with E-state index in [2.05, 4.69) is 22.1 Å². The molecule has 8 heteroatoms. The number of aromatic nitrogens is 2. The van der Waals surface area contributed by atoms with Crippen molar-refractivity contribution in [2.45, 2.75) is 62.2 Å². The van der Waals surface area contributed by atoms with Crippen LogP contribution in [-0.4, -0.2) is 24.2 Å². The lowest BCUT2D eigenvalue weighted by Gasteiger charge is -2.25. The molecule has 1 aromatic carbocycles. The molecule has 3 aromatic rings. The molecule has 4 rings (SSSR count). The first kappa shape index (κ1) is 23.0. The van der Waals surface area contributed by atoms with Gasteiger partial charge in [-0.15, -0.1) is 11.3 Å². The number of para-hydroxylation sites is 1. The second-order valence-electron chi connectivity index (χ2n) is 8.81. The second kappa shape index (κ2) is 10.2. The van der Waals surface area contributed by atoms with Crippen LogP contribution in [0.1, 0.15) is 51.0 Å². The topological polar surface area (TPSA) is 76.0 Å². The van der Waals surface area contributed by atoms with E-state index in [0.29, 0.717) is 22.5 Å². The van der Waals surface area contributed by atoms with Crippen LogP contribution in [-0.2, 0) is 23.6 Å². The van der Waals surface area contributed by atoms with Gasteiger partial charge in [0.1, 0.15) is 4.21 Å². The van der Waals surface area contributed by atoms with Gasteiger partial charge in [0.15, 0.2) is 0 Å². The molecule has 2 aromatic heterocycles. The zero-order valence-electron chi connectivity index (χ0n) is 18.8. The Hall–Kier alpha value is -2.16. The number of hydrogen-bond acceptors (Lipinski definition) is 5. The standard InChI is InChI=1S/C24H32N4O2S2/c1-18(14-19-8-4-3-5-9-19)25-15-20-10-6-7-11-22(20)27-32(29,30)24-13-12-23(31-24)21-16-26-28(2)17-21/h6-7,10-13,16-19,25,27H,3-5,8-9,14-15H2,1-2H3/t18-/m0/s1. The monoisotopic (exact) mass is 472 g/mol. The highest BCUT2D eigenvalue weighted by Gasteiger charge is 2.20. The Bertz CT molecular complexity index is 1130. The van der Waals surface area contributed by atoms with E-state index < -0.39 is 10.0 Å². The van der Waals surface area contributed by atoms with Gasteiger partial charge in [0.25, 0.3) is 10.0 Å². The minimum atomic E-state index is -3.66. The molecule has 6 nitrogen and oxygen atoms in total. The summed E-state index contributed by atoms with van der Waals surface area (Å²) < 4.78 is 30.9. The zero-order chi connectivity index (χ0) is 22.6. The Morgan fingerprint density at radius 2 is 1.94 bits per heavy atom. The molecule has 1 aliphatic carbocycles. The summed E-state index contributed by atoms with van der Waals surface area (Å²) in [6.07, 6.45) is 11.6. The van der Waals surface area contributed by atoms with Crippen LogP contribution < -0.4 is 10.0 Å². The maximum absolute atomic E-state index is 13.1. The number of nitrogens with one attached hydrogen (secondary N) is 2. The van der Waals surface area contributed by atoms with Gasteiger partial charge in [-0.25, -0.2) is 8.42 Å². The number of anilines is 1. The molecule has 0 amide bonds. The van der Waals surface area contributed by atoms with Crippen molar-refractivity contribution >= 4 is 27.0 Å². The second-order valence-corrected chi connectivity index (χ2v) is 11.8. The molecule has 2 N–H and O–H groups in total. The molecule has 0 radical (unpaired) electrons. The van der Waals surface area contributed by atoms with Gasteiger partial charge in [-0.3, -0.25) is 9.40 Å². The molecule has 1 atom stereocenters. The summed E-state index contributed by atoms with van der Waals surface area (Å²) in [5, 5.41) is 7.76. The van der Waals surface area contributed by atoms with Crippen molar-refractivity contribution in [2.24, 2.45) is 13.0 Å². The number of aryl methyl sites for hydroxylation is 1. The van der Waals surface area contributed by atoms with Gasteiger partial charge in [0.05, 0.1) is 11.9 Å². The van der Waals surface area contributed by atoms with Crippen LogP contribution in [0.5, 0.6) is 0 Å². The summed E-state index contributed by atoms with van der Waals surface area (Å²) in [6.45, 7) is 2.87. The Balaban J connectivity index is 1.41. The zero-order valence-corrected chi connectivity index (χ0v) is 20.4. The third kappa shape index (κ3) is 5.79. The van der Waals surface area contributed by atoms with Crippen molar-refractivity contribution in [3.8, 4) is 10.4 Å². The van der Waals surface area contributed by atoms with E-state index in [1.165, 1.54) is 49.9 Å². The van der Waals surface area contributed by atoms with Crippen LogP contribution >= 0.6 is 11.3 Å². The van der Waals surface area contributed by atoms with Gasteiger partial charge < -0.3 is 5.32 Å². The van der Waals surface area contributed by atoms with Gasteiger partial charge in [-0.2, -0.15) is 5.10 Å². The number of sulfonamides is 1. The number of thiophene rings is 1. The van der Waals surface area contributed by atoms with Crippen molar-refractivity contribution < 1.29 is 8.42 Å². The minimum Gasteiger partial charge on any atom is -0.310 e. The van der Waals surface area contributed by atoms with Crippen LogP contribution in [0.2, 0.25) is 0 Å².